The molecule has 0 saturated carbocycles. The summed E-state index contributed by atoms with van der Waals surface area (Å²) in [5, 5.41) is 8.95. The van der Waals surface area contributed by atoms with Gasteiger partial charge in [-0.05, 0) is 133 Å². The minimum absolute atomic E-state index is 0.0529. The first kappa shape index (κ1) is 43.3. The van der Waals surface area contributed by atoms with E-state index in [4.69, 9.17) is 9.47 Å². The van der Waals surface area contributed by atoms with E-state index < -0.39 is 17.9 Å². The fourth-order valence-electron chi connectivity index (χ4n) is 9.39. The zero-order valence-electron chi connectivity index (χ0n) is 36.8. The van der Waals surface area contributed by atoms with Crippen molar-refractivity contribution in [2.24, 2.45) is 23.7 Å². The maximum absolute atomic E-state index is 14.4. The van der Waals surface area contributed by atoms with Gasteiger partial charge in [-0.3, -0.25) is 14.4 Å². The third kappa shape index (κ3) is 8.85. The van der Waals surface area contributed by atoms with Gasteiger partial charge in [0.25, 0.3) is 0 Å². The van der Waals surface area contributed by atoms with Crippen molar-refractivity contribution >= 4 is 47.6 Å². The molecule has 5 heterocycles. The van der Waals surface area contributed by atoms with E-state index in [9.17, 15) is 14.4 Å². The van der Waals surface area contributed by atoms with Crippen molar-refractivity contribution in [3.63, 3.8) is 0 Å². The standard InChI is InChI=1S/C50H64N4O5/c1-12-34-30(7)37-24-39-32(9)36(20-21-43(55)59-23-22-29(6)19-15-18-28(5)17-14-16-27(3)4)47(53-39)45-46(50(57)58-11)49(56)44-33(10)40(54-48(44)45)26-42-35(13-2)31(8)38(52-42)25-41(34)51-37/h12,16,18,22,24-26,31-32,36,46-47,51-54H,1,13-15,17,19-21,23H2,2-11H3/b28-18-,29-22-,38-25-,39-24-,40-26-/t31-,32+,36+,46+,47?/m1/s1. The Bertz CT molecular complexity index is 2350. The summed E-state index contributed by atoms with van der Waals surface area (Å²) in [6, 6.07) is -0.437. The van der Waals surface area contributed by atoms with E-state index in [-0.39, 0.29) is 42.5 Å². The Labute approximate surface area is 350 Å². The van der Waals surface area contributed by atoms with Crippen LogP contribution in [0.5, 0.6) is 0 Å². The normalized spacial score (nSPS) is 24.7. The number of ketones is 1. The number of fused-ring (bicyclic) bond motifs is 8. The number of aromatic amines is 2. The van der Waals surface area contributed by atoms with E-state index in [0.717, 1.165) is 82.6 Å². The highest BCUT2D eigenvalue weighted by molar-refractivity contribution is 6.19. The van der Waals surface area contributed by atoms with Crippen LogP contribution in [0.25, 0.3) is 29.9 Å². The summed E-state index contributed by atoms with van der Waals surface area (Å²) >= 11 is 0. The SMILES string of the molecule is C=Cc1c2[nH]c(c1C)/C=C1\NC(C3=c4[nH]/c(c(C)c4C(=O)[C@H]3C(=O)OC)=C\C3=C(CC)[C@@H](C)/C(=C/2)N3)[C@@H](CCC(=O)OC/C=C(/C)CC/C=C(/C)CCC=C(C)C)[C@@H]1C. The van der Waals surface area contributed by atoms with Crippen LogP contribution >= 0.6 is 0 Å². The summed E-state index contributed by atoms with van der Waals surface area (Å²) in [6.45, 7) is 23.5. The average Bonchev–Trinajstić information content (AvgIpc) is 3.94. The second kappa shape index (κ2) is 18.3. The molecule has 5 atom stereocenters. The van der Waals surface area contributed by atoms with Gasteiger partial charge < -0.3 is 30.1 Å². The average molecular weight is 801 g/mol. The molecule has 0 amide bonds. The third-order valence-corrected chi connectivity index (χ3v) is 13.0. The molecule has 4 aliphatic rings. The van der Waals surface area contributed by atoms with E-state index in [1.807, 2.05) is 19.1 Å². The van der Waals surface area contributed by atoms with Gasteiger partial charge >= 0.3 is 11.9 Å². The second-order valence-corrected chi connectivity index (χ2v) is 17.1. The van der Waals surface area contributed by atoms with E-state index >= 15 is 0 Å². The fourth-order valence-corrected chi connectivity index (χ4v) is 9.39. The van der Waals surface area contributed by atoms with Crippen LogP contribution < -0.4 is 21.3 Å². The van der Waals surface area contributed by atoms with Gasteiger partial charge in [0.2, 0.25) is 0 Å². The number of methoxy groups -OCH3 is 1. The molecule has 1 fully saturated rings. The van der Waals surface area contributed by atoms with Crippen LogP contribution in [0.15, 0.2) is 64.2 Å². The summed E-state index contributed by atoms with van der Waals surface area (Å²) in [7, 11) is 1.33. The van der Waals surface area contributed by atoms with E-state index in [2.05, 4.69) is 113 Å². The van der Waals surface area contributed by atoms with Gasteiger partial charge in [0.15, 0.2) is 5.78 Å². The van der Waals surface area contributed by atoms with Crippen molar-refractivity contribution < 1.29 is 23.9 Å². The molecule has 59 heavy (non-hydrogen) atoms. The summed E-state index contributed by atoms with van der Waals surface area (Å²) in [5.74, 6) is -2.28. The molecular formula is C50H64N4O5. The van der Waals surface area contributed by atoms with Gasteiger partial charge in [-0.2, -0.15) is 0 Å². The van der Waals surface area contributed by atoms with E-state index in [1.165, 1.54) is 29.4 Å². The molecule has 0 aromatic carbocycles. The number of aromatic nitrogens is 2. The van der Waals surface area contributed by atoms with Crippen molar-refractivity contribution in [1.29, 1.82) is 0 Å². The number of rotatable bonds is 14. The number of carbonyl (C=O) groups excluding carboxylic acids is 3. The molecule has 0 spiro atoms. The number of hydrogen-bond acceptors (Lipinski definition) is 7. The first-order valence-electron chi connectivity index (χ1n) is 21.4. The molecule has 3 aliphatic heterocycles. The van der Waals surface area contributed by atoms with Gasteiger partial charge in [-0.25, -0.2) is 0 Å². The lowest BCUT2D eigenvalue weighted by molar-refractivity contribution is -0.143. The lowest BCUT2D eigenvalue weighted by Crippen LogP contribution is -2.38. The molecule has 2 aromatic heterocycles. The van der Waals surface area contributed by atoms with Crippen molar-refractivity contribution in [2.75, 3.05) is 13.7 Å². The summed E-state index contributed by atoms with van der Waals surface area (Å²) in [5.41, 5.74) is 14.2. The smallest absolute Gasteiger partial charge is 0.320 e. The van der Waals surface area contributed by atoms with Crippen LogP contribution in [0.4, 0.5) is 0 Å². The highest BCUT2D eigenvalue weighted by Gasteiger charge is 2.49. The minimum atomic E-state index is -1.11. The Morgan fingerprint density at radius 1 is 0.881 bits per heavy atom. The second-order valence-electron chi connectivity index (χ2n) is 17.1. The Hall–Kier alpha value is -5.31. The Morgan fingerprint density at radius 3 is 2.25 bits per heavy atom. The first-order chi connectivity index (χ1) is 28.2. The number of allylic oxidation sites excluding steroid dienone is 8. The Kier molecular flexibility index (Phi) is 13.4. The molecule has 6 rings (SSSR count). The van der Waals surface area contributed by atoms with Gasteiger partial charge in [0.1, 0.15) is 12.5 Å². The van der Waals surface area contributed by atoms with Gasteiger partial charge in [0, 0.05) is 63.2 Å². The zero-order chi connectivity index (χ0) is 42.7. The molecule has 2 aromatic rings. The predicted octanol–water partition coefficient (Wildman–Crippen LogP) is 8.79. The fraction of sp³-hybridized carbons (Fsp3) is 0.460. The monoisotopic (exact) mass is 800 g/mol. The largest absolute Gasteiger partial charge is 0.468 e. The van der Waals surface area contributed by atoms with Crippen LogP contribution in [0.1, 0.15) is 132 Å². The maximum atomic E-state index is 14.4. The minimum Gasteiger partial charge on any atom is -0.468 e. The van der Waals surface area contributed by atoms with Crippen molar-refractivity contribution in [3.8, 4) is 0 Å². The summed E-state index contributed by atoms with van der Waals surface area (Å²) < 4.78 is 11.1. The number of ether oxygens (including phenoxy) is 2. The molecule has 9 nitrogen and oxygen atoms in total. The number of H-pyrrole nitrogens is 2. The molecule has 9 heteroatoms. The highest BCUT2D eigenvalue weighted by atomic mass is 16.5. The van der Waals surface area contributed by atoms with Crippen LogP contribution in [-0.2, 0) is 19.1 Å². The Morgan fingerprint density at radius 2 is 1.58 bits per heavy atom. The summed E-state index contributed by atoms with van der Waals surface area (Å²) in [6.07, 6.45) is 20.4. The lowest BCUT2D eigenvalue weighted by atomic mass is 9.80. The molecular weight excluding hydrogens is 737 g/mol. The quantitative estimate of drug-likeness (QED) is 0.0856. The molecule has 8 bridgehead atoms. The van der Waals surface area contributed by atoms with Gasteiger partial charge in [0.05, 0.1) is 18.5 Å². The van der Waals surface area contributed by atoms with Gasteiger partial charge in [-0.1, -0.05) is 62.3 Å². The molecule has 1 unspecified atom stereocenters. The molecule has 314 valence electrons. The highest BCUT2D eigenvalue weighted by Crippen LogP contribution is 2.43. The zero-order valence-corrected chi connectivity index (χ0v) is 36.8. The lowest BCUT2D eigenvalue weighted by Gasteiger charge is -2.25. The van der Waals surface area contributed by atoms with Crippen molar-refractivity contribution in [3.05, 3.63) is 109 Å². The van der Waals surface area contributed by atoms with Crippen LogP contribution in [-0.4, -0.2) is 47.4 Å². The van der Waals surface area contributed by atoms with E-state index in [1.54, 1.807) is 0 Å². The number of nitrogens with one attached hydrogen (secondary N) is 4. The maximum Gasteiger partial charge on any atom is 0.320 e. The number of esters is 2. The van der Waals surface area contributed by atoms with Crippen LogP contribution in [0.2, 0.25) is 0 Å². The summed E-state index contributed by atoms with van der Waals surface area (Å²) in [4.78, 5) is 48.6. The first-order valence-corrected chi connectivity index (χ1v) is 21.4. The molecule has 1 saturated heterocycles. The number of hydrogen-bond donors (Lipinski definition) is 4. The van der Waals surface area contributed by atoms with Crippen molar-refractivity contribution in [2.45, 2.75) is 113 Å². The van der Waals surface area contributed by atoms with Crippen molar-refractivity contribution in [1.82, 2.24) is 20.6 Å². The number of Topliss-reactive ketones (excluding diaryl/α,β-unsaturated/α-hetero) is 1. The molecule has 4 N–H and O–H groups in total. The number of carbonyl (C=O) groups is 3. The van der Waals surface area contributed by atoms with Gasteiger partial charge in [-0.15, -0.1) is 0 Å². The van der Waals surface area contributed by atoms with Crippen LogP contribution in [0, 0.1) is 37.5 Å². The Balaban J connectivity index is 1.33. The van der Waals surface area contributed by atoms with E-state index in [0.29, 0.717) is 22.9 Å². The topological polar surface area (TPSA) is 125 Å². The third-order valence-electron chi connectivity index (χ3n) is 13.0. The molecule has 1 aliphatic carbocycles. The van der Waals surface area contributed by atoms with Crippen LogP contribution in [0.3, 0.4) is 0 Å². The molecule has 0 radical (unpaired) electrons. The predicted molar refractivity (Wildman–Crippen MR) is 239 cm³/mol.